The summed E-state index contributed by atoms with van der Waals surface area (Å²) in [5.41, 5.74) is 8.10. The molecular weight excluding hydrogens is 464 g/mol. The molecule has 3 aromatic rings. The van der Waals surface area contributed by atoms with E-state index in [1.54, 1.807) is 21.0 Å². The normalized spacial score (nSPS) is 18.0. The molecule has 186 valence electrons. The Morgan fingerprint density at radius 2 is 2.00 bits per heavy atom. The fraction of sp³-hybridized carbons (Fsp3) is 0.444. The number of nitrogens with one attached hydrogen (secondary N) is 2. The van der Waals surface area contributed by atoms with Crippen molar-refractivity contribution in [2.24, 2.45) is 11.1 Å². The number of ether oxygens (including phenoxy) is 1. The number of amides is 2. The van der Waals surface area contributed by atoms with Crippen molar-refractivity contribution in [3.05, 3.63) is 64.4 Å². The van der Waals surface area contributed by atoms with Gasteiger partial charge in [-0.1, -0.05) is 42.8 Å². The number of aromatic amines is 1. The molecule has 0 spiro atoms. The molecule has 1 unspecified atom stereocenters. The van der Waals surface area contributed by atoms with E-state index < -0.39 is 17.4 Å². The van der Waals surface area contributed by atoms with Gasteiger partial charge < -0.3 is 20.8 Å². The Hall–Kier alpha value is -2.90. The van der Waals surface area contributed by atoms with Crippen molar-refractivity contribution < 1.29 is 14.3 Å². The van der Waals surface area contributed by atoms with Gasteiger partial charge >= 0.3 is 0 Å². The Morgan fingerprint density at radius 3 is 2.63 bits per heavy atom. The number of aromatic nitrogens is 2. The van der Waals surface area contributed by atoms with Gasteiger partial charge in [0.05, 0.1) is 23.1 Å². The molecule has 1 saturated carbocycles. The largest absolute Gasteiger partial charge is 0.383 e. The topological polar surface area (TPSA) is 110 Å². The molecule has 2 aromatic carbocycles. The van der Waals surface area contributed by atoms with E-state index in [-0.39, 0.29) is 23.8 Å². The van der Waals surface area contributed by atoms with Crippen LogP contribution in [0.4, 0.5) is 0 Å². The summed E-state index contributed by atoms with van der Waals surface area (Å²) in [7, 11) is 1.54. The minimum Gasteiger partial charge on any atom is -0.383 e. The third kappa shape index (κ3) is 5.07. The highest BCUT2D eigenvalue weighted by molar-refractivity contribution is 6.31. The molecule has 8 heteroatoms. The zero-order chi connectivity index (χ0) is 25.4. The molecular formula is C27H33ClN4O3. The Bertz CT molecular complexity index is 1250. The number of H-pyrrole nitrogens is 1. The van der Waals surface area contributed by atoms with Crippen LogP contribution in [-0.4, -0.2) is 41.5 Å². The molecule has 1 heterocycles. The Kier molecular flexibility index (Phi) is 6.93. The maximum Gasteiger partial charge on any atom is 0.239 e. The average molecular weight is 497 g/mol. The standard InChI is InChI=1S/C27H33ClN4O3/c1-16(24(29)33)30-25(34)27(3,15-35-4)17-9-10-21-22(13-17)32-23(31-21)14-19(26(2)11-12-26)18-7-5-6-8-20(18)28/h5-10,13,16,19H,11-12,14-15H2,1-4H3,(H2,29,33)(H,30,34)(H,31,32)/t16-,19-,27?/m1/s1. The van der Waals surface area contributed by atoms with Crippen LogP contribution in [0.5, 0.6) is 0 Å². The van der Waals surface area contributed by atoms with Crippen molar-refractivity contribution in [3.63, 3.8) is 0 Å². The van der Waals surface area contributed by atoms with Crippen LogP contribution in [0.15, 0.2) is 42.5 Å². The van der Waals surface area contributed by atoms with Crippen molar-refractivity contribution >= 4 is 34.4 Å². The quantitative estimate of drug-likeness (QED) is 0.390. The second-order valence-corrected chi connectivity index (χ2v) is 10.6. The number of imidazole rings is 1. The first-order valence-electron chi connectivity index (χ1n) is 11.9. The fourth-order valence-electron chi connectivity index (χ4n) is 4.72. The number of halogens is 1. The van der Waals surface area contributed by atoms with Crippen molar-refractivity contribution in [1.29, 1.82) is 0 Å². The molecule has 4 N–H and O–H groups in total. The first kappa shape index (κ1) is 25.2. The van der Waals surface area contributed by atoms with E-state index in [1.807, 2.05) is 36.4 Å². The monoisotopic (exact) mass is 496 g/mol. The second kappa shape index (κ2) is 9.63. The molecule has 1 fully saturated rings. The number of hydrogen-bond donors (Lipinski definition) is 3. The highest BCUT2D eigenvalue weighted by atomic mass is 35.5. The summed E-state index contributed by atoms with van der Waals surface area (Å²) in [6.07, 6.45) is 3.08. The number of carbonyl (C=O) groups excluding carboxylic acids is 2. The molecule has 35 heavy (non-hydrogen) atoms. The molecule has 7 nitrogen and oxygen atoms in total. The summed E-state index contributed by atoms with van der Waals surface area (Å²) in [6.45, 7) is 5.80. The van der Waals surface area contributed by atoms with Crippen LogP contribution in [0.25, 0.3) is 11.0 Å². The molecule has 0 aliphatic heterocycles. The number of fused-ring (bicyclic) bond motifs is 1. The average Bonchev–Trinajstić information content (AvgIpc) is 3.43. The van der Waals surface area contributed by atoms with Gasteiger partial charge in [0.1, 0.15) is 11.9 Å². The second-order valence-electron chi connectivity index (χ2n) is 10.2. The Balaban J connectivity index is 1.65. The van der Waals surface area contributed by atoms with Crippen LogP contribution >= 0.6 is 11.6 Å². The first-order valence-corrected chi connectivity index (χ1v) is 12.3. The summed E-state index contributed by atoms with van der Waals surface area (Å²) in [5.74, 6) is 0.218. The molecule has 3 atom stereocenters. The molecule has 0 bridgehead atoms. The van der Waals surface area contributed by atoms with E-state index in [1.165, 1.54) is 12.8 Å². The number of nitrogens with two attached hydrogens (primary N) is 1. The predicted molar refractivity (Wildman–Crippen MR) is 137 cm³/mol. The van der Waals surface area contributed by atoms with E-state index >= 15 is 0 Å². The van der Waals surface area contributed by atoms with Gasteiger partial charge in [0.25, 0.3) is 0 Å². The molecule has 1 aromatic heterocycles. The lowest BCUT2D eigenvalue weighted by atomic mass is 9.81. The number of carbonyl (C=O) groups is 2. The minimum atomic E-state index is -1.02. The highest BCUT2D eigenvalue weighted by Crippen LogP contribution is 2.57. The number of hydrogen-bond acceptors (Lipinski definition) is 4. The van der Waals surface area contributed by atoms with Gasteiger partial charge in [0, 0.05) is 18.6 Å². The summed E-state index contributed by atoms with van der Waals surface area (Å²) < 4.78 is 5.38. The van der Waals surface area contributed by atoms with Crippen molar-refractivity contribution in [3.8, 4) is 0 Å². The number of methoxy groups -OCH3 is 1. The van der Waals surface area contributed by atoms with Crippen LogP contribution < -0.4 is 11.1 Å². The lowest BCUT2D eigenvalue weighted by Crippen LogP contribution is -2.51. The molecule has 1 aliphatic carbocycles. The van der Waals surface area contributed by atoms with Crippen molar-refractivity contribution in [1.82, 2.24) is 15.3 Å². The number of benzene rings is 2. The fourth-order valence-corrected chi connectivity index (χ4v) is 4.99. The maximum absolute atomic E-state index is 13.1. The van der Waals surface area contributed by atoms with Crippen LogP contribution in [0.2, 0.25) is 5.02 Å². The smallest absolute Gasteiger partial charge is 0.239 e. The third-order valence-electron chi connectivity index (χ3n) is 7.44. The zero-order valence-corrected chi connectivity index (χ0v) is 21.4. The number of primary amides is 1. The predicted octanol–water partition coefficient (Wildman–Crippen LogP) is 4.24. The van der Waals surface area contributed by atoms with Crippen LogP contribution in [-0.2, 0) is 26.2 Å². The van der Waals surface area contributed by atoms with Gasteiger partial charge in [0.15, 0.2) is 0 Å². The van der Waals surface area contributed by atoms with Crippen LogP contribution in [0.1, 0.15) is 56.5 Å². The molecule has 1 aliphatic rings. The van der Waals surface area contributed by atoms with E-state index in [9.17, 15) is 9.59 Å². The Labute approximate surface area is 210 Å². The van der Waals surface area contributed by atoms with E-state index in [0.717, 1.165) is 39.4 Å². The van der Waals surface area contributed by atoms with E-state index in [4.69, 9.17) is 27.1 Å². The van der Waals surface area contributed by atoms with Gasteiger partial charge in [-0.05, 0) is 67.3 Å². The first-order chi connectivity index (χ1) is 16.6. The lowest BCUT2D eigenvalue weighted by Gasteiger charge is -2.29. The summed E-state index contributed by atoms with van der Waals surface area (Å²) >= 11 is 6.57. The van der Waals surface area contributed by atoms with Crippen LogP contribution in [0, 0.1) is 5.41 Å². The van der Waals surface area contributed by atoms with Crippen molar-refractivity contribution in [2.45, 2.75) is 57.4 Å². The maximum atomic E-state index is 13.1. The zero-order valence-electron chi connectivity index (χ0n) is 20.7. The molecule has 0 saturated heterocycles. The van der Waals surface area contributed by atoms with Gasteiger partial charge in [-0.3, -0.25) is 9.59 Å². The highest BCUT2D eigenvalue weighted by Gasteiger charge is 2.46. The minimum absolute atomic E-state index is 0.139. The lowest BCUT2D eigenvalue weighted by molar-refractivity contribution is -0.132. The molecule has 4 rings (SSSR count). The van der Waals surface area contributed by atoms with Crippen molar-refractivity contribution in [2.75, 3.05) is 13.7 Å². The Morgan fingerprint density at radius 1 is 1.29 bits per heavy atom. The number of rotatable bonds is 10. The third-order valence-corrected chi connectivity index (χ3v) is 7.78. The number of nitrogens with zero attached hydrogens (tertiary/aromatic N) is 1. The summed E-state index contributed by atoms with van der Waals surface area (Å²) in [5, 5.41) is 3.48. The van der Waals surface area contributed by atoms with Gasteiger partial charge in [-0.25, -0.2) is 4.98 Å². The van der Waals surface area contributed by atoms with E-state index in [2.05, 4.69) is 23.3 Å². The van der Waals surface area contributed by atoms with E-state index in [0.29, 0.717) is 0 Å². The van der Waals surface area contributed by atoms with Gasteiger partial charge in [-0.15, -0.1) is 0 Å². The SMILES string of the molecule is COCC(C)(C(=O)N[C@H](C)C(N)=O)c1ccc2[nH]c(C[C@H](c3ccccc3Cl)C3(C)CC3)nc2c1. The molecule has 0 radical (unpaired) electrons. The summed E-state index contributed by atoms with van der Waals surface area (Å²) in [4.78, 5) is 32.9. The summed E-state index contributed by atoms with van der Waals surface area (Å²) in [6, 6.07) is 13.0. The molecule has 2 amide bonds. The van der Waals surface area contributed by atoms with Gasteiger partial charge in [-0.2, -0.15) is 0 Å². The van der Waals surface area contributed by atoms with Gasteiger partial charge in [0.2, 0.25) is 11.8 Å². The van der Waals surface area contributed by atoms with Crippen LogP contribution in [0.3, 0.4) is 0 Å².